The van der Waals surface area contributed by atoms with Gasteiger partial charge in [-0.15, -0.1) is 0 Å². The summed E-state index contributed by atoms with van der Waals surface area (Å²) < 4.78 is 0. The average Bonchev–Trinajstić information content (AvgIpc) is 2.35. The van der Waals surface area contributed by atoms with Crippen LogP contribution in [0.5, 0.6) is 0 Å². The second-order valence-corrected chi connectivity index (χ2v) is 5.01. The molecule has 0 spiro atoms. The lowest BCUT2D eigenvalue weighted by molar-refractivity contribution is 0.259. The molecule has 0 rings (SSSR count). The topological polar surface area (TPSA) is 15.3 Å². The van der Waals surface area contributed by atoms with Gasteiger partial charge in [0.15, 0.2) is 0 Å². The molecule has 0 radical (unpaired) electrons. The maximum atomic E-state index is 3.48. The third-order valence-corrected chi connectivity index (χ3v) is 3.16. The van der Waals surface area contributed by atoms with E-state index in [0.717, 1.165) is 0 Å². The molecule has 0 aliphatic heterocycles. The fraction of sp³-hybridized carbons (Fsp3) is 1.00. The van der Waals surface area contributed by atoms with Gasteiger partial charge in [0, 0.05) is 0 Å². The molecule has 0 amide bonds. The number of hydrogen-bond donors (Lipinski definition) is 1. The van der Waals surface area contributed by atoms with Crippen LogP contribution in [0.3, 0.4) is 0 Å². The van der Waals surface area contributed by atoms with Crippen molar-refractivity contribution in [2.75, 3.05) is 32.7 Å². The van der Waals surface area contributed by atoms with Crippen molar-refractivity contribution >= 4 is 0 Å². The highest BCUT2D eigenvalue weighted by molar-refractivity contribution is 4.59. The van der Waals surface area contributed by atoms with Gasteiger partial charge in [0.2, 0.25) is 0 Å². The lowest BCUT2D eigenvalue weighted by Crippen LogP contribution is -2.28. The number of nitrogens with one attached hydrogen (secondary N) is 1. The summed E-state index contributed by atoms with van der Waals surface area (Å²) in [5, 5.41) is 3.48. The number of rotatable bonds is 13. The van der Waals surface area contributed by atoms with E-state index in [1.807, 2.05) is 0 Å². The molecule has 0 aliphatic rings. The van der Waals surface area contributed by atoms with E-state index in [-0.39, 0.29) is 0 Å². The predicted molar refractivity (Wildman–Crippen MR) is 78.7 cm³/mol. The Kier molecular flexibility index (Phi) is 13.9. The maximum absolute atomic E-state index is 3.48. The monoisotopic (exact) mass is 242 g/mol. The summed E-state index contributed by atoms with van der Waals surface area (Å²) in [5.74, 6) is 0. The number of nitrogens with zero attached hydrogens (tertiary/aromatic N) is 1. The molecule has 0 saturated heterocycles. The van der Waals surface area contributed by atoms with Crippen LogP contribution in [0.1, 0.15) is 65.7 Å². The molecule has 0 atom stereocenters. The molecule has 2 nitrogen and oxygen atoms in total. The van der Waals surface area contributed by atoms with Gasteiger partial charge in [0.25, 0.3) is 0 Å². The molecule has 0 fully saturated rings. The van der Waals surface area contributed by atoms with Crippen molar-refractivity contribution < 1.29 is 0 Å². The van der Waals surface area contributed by atoms with Crippen molar-refractivity contribution in [3.05, 3.63) is 0 Å². The van der Waals surface area contributed by atoms with E-state index in [2.05, 4.69) is 31.0 Å². The molecule has 0 heterocycles. The molecule has 0 aromatic carbocycles. The highest BCUT2D eigenvalue weighted by Gasteiger charge is 2.02. The highest BCUT2D eigenvalue weighted by Crippen LogP contribution is 2.01. The molecular weight excluding hydrogens is 208 g/mol. The standard InChI is InChI=1S/C15H34N2/c1-4-7-13-17(14-8-5-2)15-10-9-12-16-11-6-3/h16H,4-15H2,1-3H3. The van der Waals surface area contributed by atoms with E-state index in [0.29, 0.717) is 0 Å². The van der Waals surface area contributed by atoms with E-state index in [1.165, 1.54) is 77.7 Å². The Morgan fingerprint density at radius 2 is 1.24 bits per heavy atom. The Hall–Kier alpha value is -0.0800. The molecule has 0 bridgehead atoms. The normalized spacial score (nSPS) is 11.3. The smallest absolute Gasteiger partial charge is 0.00183 e. The molecule has 104 valence electrons. The van der Waals surface area contributed by atoms with Gasteiger partial charge >= 0.3 is 0 Å². The summed E-state index contributed by atoms with van der Waals surface area (Å²) in [5.41, 5.74) is 0. The Morgan fingerprint density at radius 3 is 1.76 bits per heavy atom. The van der Waals surface area contributed by atoms with Gasteiger partial charge < -0.3 is 10.2 Å². The first-order valence-corrected chi connectivity index (χ1v) is 7.78. The third-order valence-electron chi connectivity index (χ3n) is 3.16. The summed E-state index contributed by atoms with van der Waals surface area (Å²) in [6.07, 6.45) is 9.29. The van der Waals surface area contributed by atoms with Gasteiger partial charge in [-0.05, 0) is 64.8 Å². The first-order chi connectivity index (χ1) is 8.35. The van der Waals surface area contributed by atoms with Crippen LogP contribution in [0.25, 0.3) is 0 Å². The van der Waals surface area contributed by atoms with Crippen LogP contribution < -0.4 is 5.32 Å². The molecule has 17 heavy (non-hydrogen) atoms. The molecule has 0 aliphatic carbocycles. The van der Waals surface area contributed by atoms with Gasteiger partial charge in [-0.3, -0.25) is 0 Å². The van der Waals surface area contributed by atoms with Gasteiger partial charge in [-0.1, -0.05) is 33.6 Å². The summed E-state index contributed by atoms with van der Waals surface area (Å²) in [6, 6.07) is 0. The van der Waals surface area contributed by atoms with Crippen LogP contribution in [0, 0.1) is 0 Å². The van der Waals surface area contributed by atoms with Crippen LogP contribution in [-0.4, -0.2) is 37.6 Å². The quantitative estimate of drug-likeness (QED) is 0.496. The predicted octanol–water partition coefficient (Wildman–Crippen LogP) is 3.67. The van der Waals surface area contributed by atoms with E-state index in [1.54, 1.807) is 0 Å². The van der Waals surface area contributed by atoms with E-state index in [9.17, 15) is 0 Å². The SMILES string of the molecule is CCCCN(CCCC)CCCCNCCC. The molecule has 2 heteroatoms. The molecule has 0 aromatic rings. The summed E-state index contributed by atoms with van der Waals surface area (Å²) in [4.78, 5) is 2.66. The van der Waals surface area contributed by atoms with Crippen LogP contribution in [0.15, 0.2) is 0 Å². The summed E-state index contributed by atoms with van der Waals surface area (Å²) in [6.45, 7) is 13.1. The summed E-state index contributed by atoms with van der Waals surface area (Å²) in [7, 11) is 0. The zero-order chi connectivity index (χ0) is 12.8. The molecule has 0 aromatic heterocycles. The lowest BCUT2D eigenvalue weighted by Gasteiger charge is -2.21. The largest absolute Gasteiger partial charge is 0.317 e. The highest BCUT2D eigenvalue weighted by atomic mass is 15.1. The van der Waals surface area contributed by atoms with Crippen LogP contribution in [0.4, 0.5) is 0 Å². The molecule has 0 saturated carbocycles. The minimum atomic E-state index is 1.18. The fourth-order valence-corrected chi connectivity index (χ4v) is 1.99. The zero-order valence-electron chi connectivity index (χ0n) is 12.4. The van der Waals surface area contributed by atoms with Crippen LogP contribution >= 0.6 is 0 Å². The minimum absolute atomic E-state index is 1.18. The van der Waals surface area contributed by atoms with Crippen LogP contribution in [0.2, 0.25) is 0 Å². The lowest BCUT2D eigenvalue weighted by atomic mass is 10.2. The summed E-state index contributed by atoms with van der Waals surface area (Å²) >= 11 is 0. The maximum Gasteiger partial charge on any atom is -0.00183 e. The van der Waals surface area contributed by atoms with Crippen molar-refractivity contribution in [3.8, 4) is 0 Å². The van der Waals surface area contributed by atoms with E-state index < -0.39 is 0 Å². The fourth-order valence-electron chi connectivity index (χ4n) is 1.99. The Bertz CT molecular complexity index is 129. The Morgan fingerprint density at radius 1 is 0.647 bits per heavy atom. The van der Waals surface area contributed by atoms with Crippen molar-refractivity contribution in [1.29, 1.82) is 0 Å². The Labute approximate surface area is 109 Å². The van der Waals surface area contributed by atoms with Crippen molar-refractivity contribution in [3.63, 3.8) is 0 Å². The van der Waals surface area contributed by atoms with Gasteiger partial charge in [-0.2, -0.15) is 0 Å². The van der Waals surface area contributed by atoms with Gasteiger partial charge in [0.1, 0.15) is 0 Å². The van der Waals surface area contributed by atoms with E-state index >= 15 is 0 Å². The van der Waals surface area contributed by atoms with Gasteiger partial charge in [0.05, 0.1) is 0 Å². The zero-order valence-corrected chi connectivity index (χ0v) is 12.4. The second-order valence-electron chi connectivity index (χ2n) is 5.01. The third kappa shape index (κ3) is 12.2. The molecular formula is C15H34N2. The first-order valence-electron chi connectivity index (χ1n) is 7.78. The molecule has 1 N–H and O–H groups in total. The number of hydrogen-bond acceptors (Lipinski definition) is 2. The minimum Gasteiger partial charge on any atom is -0.317 e. The Balaban J connectivity index is 3.45. The second kappa shape index (κ2) is 14.0. The van der Waals surface area contributed by atoms with Crippen molar-refractivity contribution in [1.82, 2.24) is 10.2 Å². The van der Waals surface area contributed by atoms with Crippen LogP contribution in [-0.2, 0) is 0 Å². The molecule has 0 unspecified atom stereocenters. The first kappa shape index (κ1) is 16.9. The average molecular weight is 242 g/mol. The van der Waals surface area contributed by atoms with Crippen molar-refractivity contribution in [2.24, 2.45) is 0 Å². The van der Waals surface area contributed by atoms with E-state index in [4.69, 9.17) is 0 Å². The van der Waals surface area contributed by atoms with Crippen molar-refractivity contribution in [2.45, 2.75) is 65.7 Å². The van der Waals surface area contributed by atoms with Gasteiger partial charge in [-0.25, -0.2) is 0 Å². The number of unbranched alkanes of at least 4 members (excludes halogenated alkanes) is 3.